The molecular weight excluding hydrogens is 368 g/mol. The number of allylic oxidation sites excluding steroid dienone is 1. The van der Waals surface area contributed by atoms with Crippen LogP contribution in [0.1, 0.15) is 61.6 Å². The minimum Gasteiger partial charge on any atom is -0.496 e. The van der Waals surface area contributed by atoms with E-state index < -0.39 is 0 Å². The molecule has 4 saturated carbocycles. The van der Waals surface area contributed by atoms with E-state index in [1.54, 1.807) is 0 Å². The van der Waals surface area contributed by atoms with E-state index in [9.17, 15) is 5.11 Å². The topological polar surface area (TPSA) is 29.5 Å². The highest BCUT2D eigenvalue weighted by atomic mass is 16.5. The van der Waals surface area contributed by atoms with Crippen molar-refractivity contribution in [2.24, 2.45) is 17.8 Å². The summed E-state index contributed by atoms with van der Waals surface area (Å²) in [5.41, 5.74) is 5.28. The molecule has 6 rings (SSSR count). The third kappa shape index (κ3) is 3.71. The molecule has 4 fully saturated rings. The zero-order valence-electron chi connectivity index (χ0n) is 18.1. The average Bonchev–Trinajstić information content (AvgIpc) is 2.76. The van der Waals surface area contributed by atoms with Crippen molar-refractivity contribution in [3.63, 3.8) is 0 Å². The molecule has 0 radical (unpaired) electrons. The zero-order valence-corrected chi connectivity index (χ0v) is 18.1. The predicted octanol–water partition coefficient (Wildman–Crippen LogP) is 6.17. The molecular formula is C28H34O2. The summed E-state index contributed by atoms with van der Waals surface area (Å²) in [6, 6.07) is 17.2. The number of hydrogen-bond acceptors (Lipinski definition) is 2. The van der Waals surface area contributed by atoms with Crippen LogP contribution in [0.15, 0.2) is 54.6 Å². The molecule has 2 nitrogen and oxygen atoms in total. The molecule has 4 bridgehead atoms. The van der Waals surface area contributed by atoms with Crippen molar-refractivity contribution < 1.29 is 9.84 Å². The molecule has 0 heterocycles. The van der Waals surface area contributed by atoms with Crippen LogP contribution in [0.4, 0.5) is 0 Å². The largest absolute Gasteiger partial charge is 0.496 e. The van der Waals surface area contributed by atoms with Crippen LogP contribution < -0.4 is 4.74 Å². The molecule has 0 unspecified atom stereocenters. The molecule has 0 atom stereocenters. The lowest BCUT2D eigenvalue weighted by atomic mass is 9.48. The van der Waals surface area contributed by atoms with E-state index in [4.69, 9.17) is 4.74 Å². The smallest absolute Gasteiger partial charge is 0.122 e. The average molecular weight is 403 g/mol. The Morgan fingerprint density at radius 1 is 1.00 bits per heavy atom. The Hall–Kier alpha value is -2.06. The lowest BCUT2D eigenvalue weighted by molar-refractivity contribution is -0.00616. The normalized spacial score (nSPS) is 29.9. The van der Waals surface area contributed by atoms with Crippen LogP contribution in [0.5, 0.6) is 5.75 Å². The highest BCUT2D eigenvalue weighted by Crippen LogP contribution is 2.61. The van der Waals surface area contributed by atoms with Crippen molar-refractivity contribution >= 4 is 5.57 Å². The molecule has 0 aliphatic heterocycles. The van der Waals surface area contributed by atoms with Gasteiger partial charge in [-0.1, -0.05) is 48.5 Å². The highest BCUT2D eigenvalue weighted by Gasteiger charge is 2.52. The maximum absolute atomic E-state index is 9.76. The standard InChI is InChI=1S/C28H34O2/c1-30-27-15-20(6-5-9-25(19-29)24-7-3-2-4-8-24)10-11-26(27)28-16-21-12-22(17-28)14-23(13-21)18-28/h2-4,7-11,15,21-23,29H,5-6,12-14,16-19H2,1H3. The fourth-order valence-electron chi connectivity index (χ4n) is 7.11. The summed E-state index contributed by atoms with van der Waals surface area (Å²) >= 11 is 0. The van der Waals surface area contributed by atoms with Gasteiger partial charge >= 0.3 is 0 Å². The molecule has 30 heavy (non-hydrogen) atoms. The number of aliphatic hydroxyl groups excluding tert-OH is 1. The SMILES string of the molecule is COc1cc(CCC=C(CO)c2ccccc2)ccc1C12CC3CC(CC(C3)C1)C2. The van der Waals surface area contributed by atoms with E-state index in [1.807, 2.05) is 25.3 Å². The first kappa shape index (κ1) is 19.9. The molecule has 0 amide bonds. The molecule has 4 aliphatic carbocycles. The highest BCUT2D eigenvalue weighted by molar-refractivity contribution is 5.66. The summed E-state index contributed by atoms with van der Waals surface area (Å²) in [5.74, 6) is 3.94. The van der Waals surface area contributed by atoms with Gasteiger partial charge in [0.05, 0.1) is 13.7 Å². The Morgan fingerprint density at radius 2 is 1.67 bits per heavy atom. The Balaban J connectivity index is 1.33. The first-order valence-corrected chi connectivity index (χ1v) is 11.7. The minimum atomic E-state index is 0.0816. The van der Waals surface area contributed by atoms with Crippen LogP contribution in [0, 0.1) is 17.8 Å². The fraction of sp³-hybridized carbons (Fsp3) is 0.500. The van der Waals surface area contributed by atoms with Crippen molar-refractivity contribution in [1.82, 2.24) is 0 Å². The molecule has 2 aromatic carbocycles. The van der Waals surface area contributed by atoms with Crippen molar-refractivity contribution in [3.8, 4) is 5.75 Å². The molecule has 0 saturated heterocycles. The van der Waals surface area contributed by atoms with Crippen LogP contribution >= 0.6 is 0 Å². The summed E-state index contributed by atoms with van der Waals surface area (Å²) in [6.45, 7) is 0.0816. The Bertz CT molecular complexity index is 876. The Kier molecular flexibility index (Phi) is 5.45. The number of aryl methyl sites for hydroxylation is 1. The lowest BCUT2D eigenvalue weighted by Gasteiger charge is -2.57. The van der Waals surface area contributed by atoms with Crippen molar-refractivity contribution in [3.05, 3.63) is 71.3 Å². The second-order valence-electron chi connectivity index (χ2n) is 10.0. The Labute approximate surface area is 181 Å². The van der Waals surface area contributed by atoms with Crippen molar-refractivity contribution in [2.75, 3.05) is 13.7 Å². The summed E-state index contributed by atoms with van der Waals surface area (Å²) in [5, 5.41) is 9.76. The summed E-state index contributed by atoms with van der Waals surface area (Å²) < 4.78 is 5.94. The molecule has 1 N–H and O–H groups in total. The Morgan fingerprint density at radius 3 is 2.27 bits per heavy atom. The number of aliphatic hydroxyl groups is 1. The van der Waals surface area contributed by atoms with Gasteiger partial charge in [-0.2, -0.15) is 0 Å². The van der Waals surface area contributed by atoms with E-state index in [1.165, 1.54) is 49.7 Å². The van der Waals surface area contributed by atoms with Gasteiger partial charge in [-0.15, -0.1) is 0 Å². The molecule has 158 valence electrons. The maximum atomic E-state index is 9.76. The van der Waals surface area contributed by atoms with Crippen LogP contribution in [0.2, 0.25) is 0 Å². The van der Waals surface area contributed by atoms with E-state index >= 15 is 0 Å². The number of benzene rings is 2. The van der Waals surface area contributed by atoms with E-state index in [0.717, 1.165) is 47.5 Å². The third-order valence-electron chi connectivity index (χ3n) is 8.01. The van der Waals surface area contributed by atoms with Crippen molar-refractivity contribution in [2.45, 2.75) is 56.8 Å². The first-order chi connectivity index (χ1) is 14.7. The fourth-order valence-corrected chi connectivity index (χ4v) is 7.11. The summed E-state index contributed by atoms with van der Waals surface area (Å²) in [7, 11) is 1.84. The van der Waals surface area contributed by atoms with Gasteiger partial charge in [0.1, 0.15) is 5.75 Å². The van der Waals surface area contributed by atoms with Gasteiger partial charge in [-0.05, 0) is 97.3 Å². The van der Waals surface area contributed by atoms with Gasteiger partial charge < -0.3 is 9.84 Å². The second-order valence-corrected chi connectivity index (χ2v) is 10.0. The number of ether oxygens (including phenoxy) is 1. The van der Waals surface area contributed by atoms with E-state index in [2.05, 4.69) is 36.4 Å². The van der Waals surface area contributed by atoms with Crippen LogP contribution in [-0.2, 0) is 11.8 Å². The van der Waals surface area contributed by atoms with Gasteiger partial charge in [0, 0.05) is 5.56 Å². The second kappa shape index (κ2) is 8.23. The molecule has 0 aromatic heterocycles. The van der Waals surface area contributed by atoms with E-state index in [-0.39, 0.29) is 6.61 Å². The van der Waals surface area contributed by atoms with Gasteiger partial charge in [-0.25, -0.2) is 0 Å². The number of methoxy groups -OCH3 is 1. The number of rotatable bonds is 7. The summed E-state index contributed by atoms with van der Waals surface area (Å²) in [6.07, 6.45) is 12.6. The van der Waals surface area contributed by atoms with Crippen LogP contribution in [0.3, 0.4) is 0 Å². The van der Waals surface area contributed by atoms with Crippen molar-refractivity contribution in [1.29, 1.82) is 0 Å². The molecule has 2 aromatic rings. The molecule has 4 aliphatic rings. The predicted molar refractivity (Wildman–Crippen MR) is 123 cm³/mol. The number of hydrogen-bond donors (Lipinski definition) is 1. The lowest BCUT2D eigenvalue weighted by Crippen LogP contribution is -2.48. The first-order valence-electron chi connectivity index (χ1n) is 11.7. The van der Waals surface area contributed by atoms with Crippen LogP contribution in [-0.4, -0.2) is 18.8 Å². The quantitative estimate of drug-likeness (QED) is 0.600. The van der Waals surface area contributed by atoms with E-state index in [0.29, 0.717) is 5.41 Å². The van der Waals surface area contributed by atoms with Gasteiger partial charge in [0.2, 0.25) is 0 Å². The monoisotopic (exact) mass is 402 g/mol. The van der Waals surface area contributed by atoms with Crippen LogP contribution in [0.25, 0.3) is 5.57 Å². The van der Waals surface area contributed by atoms with Gasteiger partial charge in [0.25, 0.3) is 0 Å². The van der Waals surface area contributed by atoms with Gasteiger partial charge in [-0.3, -0.25) is 0 Å². The minimum absolute atomic E-state index is 0.0816. The molecule has 0 spiro atoms. The maximum Gasteiger partial charge on any atom is 0.122 e. The zero-order chi connectivity index (χ0) is 20.6. The third-order valence-corrected chi connectivity index (χ3v) is 8.01. The van der Waals surface area contributed by atoms with Gasteiger partial charge in [0.15, 0.2) is 0 Å². The summed E-state index contributed by atoms with van der Waals surface area (Å²) in [4.78, 5) is 0. The molecule has 2 heteroatoms.